The van der Waals surface area contributed by atoms with Crippen LogP contribution in [-0.4, -0.2) is 31.3 Å². The van der Waals surface area contributed by atoms with Crippen LogP contribution in [0.1, 0.15) is 0 Å². The van der Waals surface area contributed by atoms with E-state index < -0.39 is 0 Å². The van der Waals surface area contributed by atoms with E-state index in [9.17, 15) is 0 Å². The summed E-state index contributed by atoms with van der Waals surface area (Å²) in [6.07, 6.45) is 6.77. The number of hydrogen-bond acceptors (Lipinski definition) is 2. The molecule has 0 aromatic carbocycles. The van der Waals surface area contributed by atoms with Crippen molar-refractivity contribution in [2.75, 3.05) is 25.2 Å². The fourth-order valence-corrected chi connectivity index (χ4v) is 0.964. The second kappa shape index (κ2) is 8.79. The van der Waals surface area contributed by atoms with Crippen molar-refractivity contribution in [2.45, 2.75) is 6.10 Å². The first kappa shape index (κ1) is 11.7. The summed E-state index contributed by atoms with van der Waals surface area (Å²) in [5, 5.41) is 0.741. The summed E-state index contributed by atoms with van der Waals surface area (Å²) in [5.41, 5.74) is 0. The Kier molecular flexibility index (Phi) is 8.57. The van der Waals surface area contributed by atoms with Crippen LogP contribution >= 0.6 is 15.9 Å². The Morgan fingerprint density at radius 3 is 2.92 bits per heavy atom. The molecule has 0 amide bonds. The Morgan fingerprint density at radius 2 is 2.42 bits per heavy atom. The minimum Gasteiger partial charge on any atom is -0.371 e. The maximum absolute atomic E-state index is 5.33. The van der Waals surface area contributed by atoms with Crippen LogP contribution < -0.4 is 0 Å². The van der Waals surface area contributed by atoms with Crippen LogP contribution in [0.5, 0.6) is 0 Å². The third kappa shape index (κ3) is 6.41. The molecule has 68 valence electrons. The topological polar surface area (TPSA) is 18.5 Å². The molecule has 2 nitrogen and oxygen atoms in total. The summed E-state index contributed by atoms with van der Waals surface area (Å²) in [6.45, 7) is 4.94. The van der Waals surface area contributed by atoms with E-state index in [1.54, 1.807) is 6.08 Å². The lowest BCUT2D eigenvalue weighted by Crippen LogP contribution is -2.21. The summed E-state index contributed by atoms with van der Waals surface area (Å²) < 4.78 is 10.4. The van der Waals surface area contributed by atoms with Gasteiger partial charge in [-0.15, -0.1) is 13.0 Å². The van der Waals surface area contributed by atoms with E-state index >= 15 is 0 Å². The molecule has 0 aliphatic rings. The number of halogens is 1. The zero-order chi connectivity index (χ0) is 9.23. The summed E-state index contributed by atoms with van der Waals surface area (Å²) in [4.78, 5) is 0. The fourth-order valence-electron chi connectivity index (χ4n) is 0.591. The summed E-state index contributed by atoms with van der Waals surface area (Å²) >= 11 is 3.31. The van der Waals surface area contributed by atoms with Crippen molar-refractivity contribution in [1.82, 2.24) is 0 Å². The van der Waals surface area contributed by atoms with Gasteiger partial charge in [0.05, 0.1) is 19.3 Å². The highest BCUT2D eigenvalue weighted by Crippen LogP contribution is 1.98. The molecular weight excluding hydrogens is 220 g/mol. The molecule has 0 spiro atoms. The highest BCUT2D eigenvalue weighted by molar-refractivity contribution is 9.09. The van der Waals surface area contributed by atoms with Gasteiger partial charge in [-0.2, -0.15) is 0 Å². The predicted molar refractivity (Wildman–Crippen MR) is 53.4 cm³/mol. The minimum atomic E-state index is 0.0522. The van der Waals surface area contributed by atoms with Crippen molar-refractivity contribution in [3.63, 3.8) is 0 Å². The van der Waals surface area contributed by atoms with Crippen LogP contribution in [0.4, 0.5) is 0 Å². The van der Waals surface area contributed by atoms with Crippen molar-refractivity contribution in [1.29, 1.82) is 0 Å². The van der Waals surface area contributed by atoms with Gasteiger partial charge in [-0.05, 0) is 0 Å². The zero-order valence-corrected chi connectivity index (χ0v) is 8.55. The van der Waals surface area contributed by atoms with Gasteiger partial charge in [0.2, 0.25) is 0 Å². The lowest BCUT2D eigenvalue weighted by atomic mass is 10.4. The Hall–Kier alpha value is -0.300. The van der Waals surface area contributed by atoms with Gasteiger partial charge in [0, 0.05) is 5.33 Å². The van der Waals surface area contributed by atoms with Crippen LogP contribution in [0.15, 0.2) is 12.7 Å². The van der Waals surface area contributed by atoms with Crippen LogP contribution in [0.3, 0.4) is 0 Å². The molecule has 0 saturated heterocycles. The molecule has 0 radical (unpaired) electrons. The molecule has 0 unspecified atom stereocenters. The summed E-state index contributed by atoms with van der Waals surface area (Å²) in [7, 11) is 0. The molecule has 1 atom stereocenters. The molecule has 0 bridgehead atoms. The first-order valence-electron chi connectivity index (χ1n) is 3.64. The molecule has 0 heterocycles. The Labute approximate surface area is 82.1 Å². The Balaban J connectivity index is 3.40. The van der Waals surface area contributed by atoms with Gasteiger partial charge < -0.3 is 9.47 Å². The maximum atomic E-state index is 5.33. The second-order valence-corrected chi connectivity index (χ2v) is 2.77. The zero-order valence-electron chi connectivity index (χ0n) is 6.96. The predicted octanol–water partition coefficient (Wildman–Crippen LogP) is 1.60. The molecule has 0 aromatic rings. The summed E-state index contributed by atoms with van der Waals surface area (Å²) in [5.74, 6) is 2.39. The van der Waals surface area contributed by atoms with E-state index in [1.807, 2.05) is 0 Å². The van der Waals surface area contributed by atoms with Gasteiger partial charge >= 0.3 is 0 Å². The second-order valence-electron chi connectivity index (χ2n) is 2.12. The van der Waals surface area contributed by atoms with Crippen molar-refractivity contribution >= 4 is 15.9 Å². The van der Waals surface area contributed by atoms with E-state index in [0.717, 1.165) is 5.33 Å². The standard InChI is InChI=1S/C9H13BrO2/c1-3-5-11-8-9(7-10)12-6-4-2/h1,4,9H,2,5-8H2/t9-/m0/s1. The quantitative estimate of drug-likeness (QED) is 0.288. The number of rotatable bonds is 7. The van der Waals surface area contributed by atoms with Gasteiger partial charge in [-0.3, -0.25) is 0 Å². The molecule has 12 heavy (non-hydrogen) atoms. The molecule has 0 aromatic heterocycles. The molecular formula is C9H13BrO2. The monoisotopic (exact) mass is 232 g/mol. The molecule has 0 fully saturated rings. The lowest BCUT2D eigenvalue weighted by Gasteiger charge is -2.12. The van der Waals surface area contributed by atoms with E-state index in [1.165, 1.54) is 0 Å². The van der Waals surface area contributed by atoms with Crippen molar-refractivity contribution in [3.8, 4) is 12.3 Å². The van der Waals surface area contributed by atoms with Gasteiger partial charge in [0.25, 0.3) is 0 Å². The number of ether oxygens (including phenoxy) is 2. The number of terminal acetylenes is 1. The average molecular weight is 233 g/mol. The van der Waals surface area contributed by atoms with Crippen LogP contribution in [0.25, 0.3) is 0 Å². The first-order valence-corrected chi connectivity index (χ1v) is 4.77. The van der Waals surface area contributed by atoms with Crippen molar-refractivity contribution in [2.24, 2.45) is 0 Å². The van der Waals surface area contributed by atoms with E-state index in [4.69, 9.17) is 15.9 Å². The molecule has 0 N–H and O–H groups in total. The third-order valence-corrected chi connectivity index (χ3v) is 1.83. The van der Waals surface area contributed by atoms with Gasteiger partial charge in [0.15, 0.2) is 0 Å². The smallest absolute Gasteiger partial charge is 0.107 e. The van der Waals surface area contributed by atoms with E-state index in [2.05, 4.69) is 28.4 Å². The molecule has 0 saturated carbocycles. The van der Waals surface area contributed by atoms with Gasteiger partial charge in [-0.1, -0.05) is 27.9 Å². The highest BCUT2D eigenvalue weighted by Gasteiger charge is 2.05. The lowest BCUT2D eigenvalue weighted by molar-refractivity contribution is 0.0176. The molecule has 0 aliphatic heterocycles. The number of hydrogen-bond donors (Lipinski definition) is 0. The SMILES string of the molecule is C#CCOC[C@H](CBr)OCC=C. The van der Waals surface area contributed by atoms with Crippen molar-refractivity contribution in [3.05, 3.63) is 12.7 Å². The highest BCUT2D eigenvalue weighted by atomic mass is 79.9. The molecule has 3 heteroatoms. The average Bonchev–Trinajstić information content (AvgIpc) is 2.11. The molecule has 0 aliphatic carbocycles. The van der Waals surface area contributed by atoms with Crippen molar-refractivity contribution < 1.29 is 9.47 Å². The van der Waals surface area contributed by atoms with E-state index in [-0.39, 0.29) is 6.10 Å². The van der Waals surface area contributed by atoms with E-state index in [0.29, 0.717) is 19.8 Å². The Morgan fingerprint density at radius 1 is 1.67 bits per heavy atom. The minimum absolute atomic E-state index is 0.0522. The van der Waals surface area contributed by atoms with Gasteiger partial charge in [0.1, 0.15) is 6.61 Å². The van der Waals surface area contributed by atoms with Crippen LogP contribution in [-0.2, 0) is 9.47 Å². The molecule has 0 rings (SSSR count). The largest absolute Gasteiger partial charge is 0.371 e. The first-order chi connectivity index (χ1) is 5.85. The number of alkyl halides is 1. The normalized spacial score (nSPS) is 12.0. The third-order valence-electron chi connectivity index (χ3n) is 1.11. The summed E-state index contributed by atoms with van der Waals surface area (Å²) in [6, 6.07) is 0. The Bertz CT molecular complexity index is 151. The fraction of sp³-hybridized carbons (Fsp3) is 0.556. The maximum Gasteiger partial charge on any atom is 0.107 e. The van der Waals surface area contributed by atoms with Gasteiger partial charge in [-0.25, -0.2) is 0 Å². The van der Waals surface area contributed by atoms with Crippen LogP contribution in [0, 0.1) is 12.3 Å². The van der Waals surface area contributed by atoms with Crippen LogP contribution in [0.2, 0.25) is 0 Å².